The molecule has 9 heterocycles. The van der Waals surface area contributed by atoms with Gasteiger partial charge in [0.2, 0.25) is 23.6 Å². The van der Waals surface area contributed by atoms with Gasteiger partial charge < -0.3 is 229 Å². The average molecular weight is 1730 g/mol. The van der Waals surface area contributed by atoms with E-state index in [0.29, 0.717) is 0 Å². The summed E-state index contributed by atoms with van der Waals surface area (Å²) in [5, 5.41) is 278. The van der Waals surface area contributed by atoms with E-state index < -0.39 is 371 Å². The van der Waals surface area contributed by atoms with E-state index in [2.05, 4.69) is 21.3 Å². The summed E-state index contributed by atoms with van der Waals surface area (Å²) < 4.78 is 107. The van der Waals surface area contributed by atoms with Gasteiger partial charge in [0.25, 0.3) is 6.47 Å². The minimum atomic E-state index is -2.66. The molecule has 19 unspecified atom stereocenters. The summed E-state index contributed by atoms with van der Waals surface area (Å²) in [4.78, 5) is 62.8. The van der Waals surface area contributed by atoms with Crippen molar-refractivity contribution in [3.05, 3.63) is 0 Å². The number of hydrogen-bond acceptors (Lipinski definition) is 47. The summed E-state index contributed by atoms with van der Waals surface area (Å²) in [6.07, 6.45) is -82.2. The number of amides is 4. The highest BCUT2D eigenvalue weighted by Gasteiger charge is 2.61. The highest BCUT2D eigenvalue weighted by molar-refractivity contribution is 5.74. The molecule has 0 radical (unpaired) electrons. The third kappa shape index (κ3) is 21.8. The number of carbonyl (C=O) groups is 5. The molecule has 0 aromatic heterocycles. The average Bonchev–Trinajstić information content (AvgIpc) is 0.766. The fourth-order valence-electron chi connectivity index (χ4n) is 15.4. The Bertz CT molecular complexity index is 3180. The number of rotatable bonds is 33. The predicted molar refractivity (Wildman–Crippen MR) is 367 cm³/mol. The van der Waals surface area contributed by atoms with Gasteiger partial charge in [-0.2, -0.15) is 0 Å². The molecule has 0 spiro atoms. The first-order valence-electron chi connectivity index (χ1n) is 37.9. The molecule has 46 atom stereocenters. The third-order valence-electron chi connectivity index (χ3n) is 21.9. The number of carbonyl (C=O) groups excluding carboxylic acids is 5. The van der Waals surface area contributed by atoms with Crippen LogP contribution in [0.25, 0.3) is 0 Å². The van der Waals surface area contributed by atoms with E-state index in [9.17, 15) is 147 Å². The topological polar surface area (TPSA) is 785 Å². The van der Waals surface area contributed by atoms with Gasteiger partial charge in [-0.05, 0) is 6.92 Å². The molecule has 51 heteroatoms. The fraction of sp³-hybridized carbons (Fsp3) is 0.925. The summed E-state index contributed by atoms with van der Waals surface area (Å²) >= 11 is 0. The minimum Gasteiger partial charge on any atom is -0.410 e. The van der Waals surface area contributed by atoms with Crippen molar-refractivity contribution in [2.75, 3.05) is 59.5 Å². The van der Waals surface area contributed by atoms with Crippen molar-refractivity contribution < 1.29 is 232 Å². The summed E-state index contributed by atoms with van der Waals surface area (Å²) in [5.41, 5.74) is 0. The highest BCUT2D eigenvalue weighted by Crippen LogP contribution is 2.42. The third-order valence-corrected chi connectivity index (χ3v) is 21.9. The SMILES string of the molecule is CC(=O)NC1C(O)[C@H](O)[C@H](CO)O[C@H]1OC1[C@@H](OCC2O[C@@H](O[C@@H]3C(CO)O[C@@H](O[C@@H]4C(CO)O[C@@H](C)C(NC(C)=O)[C@H]4O)C(NC(C)=O)[C@H]3O)C(O)[C@@H](O[C@H]3O[C@@H](CO)C(O)C(O)C3O[C@@H]3OC(CO)[C@@H](OC4OC(CO[C@]5(OC=O)C[C@@H](O)[C@@H](C)C(C(O)[C@H](O)CO)O5)[C@H](O)[C@H](O)[C@@H]4O)[C@H](O)C3NC(C)=O)[C@@H]2O)OC(CO)[C@@H](O)[C@@H]1O. The van der Waals surface area contributed by atoms with Gasteiger partial charge in [0.15, 0.2) is 44.0 Å². The van der Waals surface area contributed by atoms with Crippen LogP contribution in [0, 0.1) is 5.92 Å². The molecule has 0 bridgehead atoms. The Balaban J connectivity index is 1.03. The molecule has 4 amide bonds. The summed E-state index contributed by atoms with van der Waals surface area (Å²) in [7, 11) is 0. The molecule has 9 saturated heterocycles. The zero-order chi connectivity index (χ0) is 87.1. The Labute approximate surface area is 670 Å². The second-order valence-electron chi connectivity index (χ2n) is 30.1. The second-order valence-corrected chi connectivity index (χ2v) is 30.1. The Morgan fingerprint density at radius 1 is 0.381 bits per heavy atom. The van der Waals surface area contributed by atoms with Crippen LogP contribution in [0.5, 0.6) is 0 Å². The fourth-order valence-corrected chi connectivity index (χ4v) is 15.4. The van der Waals surface area contributed by atoms with Crippen molar-refractivity contribution in [3.63, 3.8) is 0 Å². The lowest BCUT2D eigenvalue weighted by molar-refractivity contribution is -0.424. The van der Waals surface area contributed by atoms with Crippen LogP contribution < -0.4 is 21.3 Å². The number of aliphatic hydroxyl groups excluding tert-OH is 24. The molecule has 51 nitrogen and oxygen atoms in total. The first kappa shape index (κ1) is 97.5. The van der Waals surface area contributed by atoms with E-state index in [4.69, 9.17) is 85.3 Å². The summed E-state index contributed by atoms with van der Waals surface area (Å²) in [6, 6.07) is -6.85. The Morgan fingerprint density at radius 3 is 1.19 bits per heavy atom. The second kappa shape index (κ2) is 42.6. The predicted octanol–water partition coefficient (Wildman–Crippen LogP) is -18.5. The van der Waals surface area contributed by atoms with E-state index in [1.807, 2.05) is 0 Å². The standard InChI is InChI=1S/C67H112N4O47/c1-18-24(84)7-67(103-17-79,118-53(18)38(86)25(85)8-72)102-16-33-42(90)48(96)51(99)63(111-33)113-55-30(13-77)109-62(37(47(55)95)71-23(6)83)117-59-50(98)41(89)28(11-75)107-66(59)115-57-43(91)32(15-101-65-58(49(97)40(88)27(10-74)106-65)116-60-35(69-21(4)81)44(92)39(87)26(9-73)105-60)110-64(52(57)100)114-56-31(14-78)108-61(36(46(56)94)70-22(5)82)112-54-29(12-76)104-19(2)34(45(54)93)68-20(3)80/h17-19,24-66,72-78,84-100H,7-16H2,1-6H3,(H,68,80)(H,69,81)(H,70,82)(H,71,83)/t18-,19+,24-,25-,26+,27?,28+,29?,30?,31?,32?,33?,34?,35?,36?,37?,38?,39-,40-,41?,42+,43-,44?,45-,46-,47-,48+,49+,50?,51+,52?,53?,54-,55-,56-,57+,58?,59?,60+,61+,62+,63?,64+,65+,66-,67+/m1/s1. The van der Waals surface area contributed by atoms with E-state index in [1.165, 1.54) is 13.8 Å². The van der Waals surface area contributed by atoms with Crippen molar-refractivity contribution in [2.24, 2.45) is 5.92 Å². The summed E-state index contributed by atoms with van der Waals surface area (Å²) in [6.45, 7) is -3.02. The van der Waals surface area contributed by atoms with Gasteiger partial charge in [0.1, 0.15) is 201 Å². The zero-order valence-electron chi connectivity index (χ0n) is 64.3. The van der Waals surface area contributed by atoms with Gasteiger partial charge in [-0.25, -0.2) is 0 Å². The van der Waals surface area contributed by atoms with Gasteiger partial charge >= 0.3 is 5.97 Å². The lowest BCUT2D eigenvalue weighted by atomic mass is 9.87. The smallest absolute Gasteiger partial charge is 0.332 e. The molecule has 0 saturated carbocycles. The molecule has 9 aliphatic heterocycles. The van der Waals surface area contributed by atoms with Crippen LogP contribution in [0.15, 0.2) is 0 Å². The Kier molecular flexibility index (Phi) is 35.2. The van der Waals surface area contributed by atoms with Crippen molar-refractivity contribution in [1.29, 1.82) is 0 Å². The number of hydrogen-bond donors (Lipinski definition) is 28. The lowest BCUT2D eigenvalue weighted by Gasteiger charge is -2.51. The van der Waals surface area contributed by atoms with Crippen molar-refractivity contribution in [3.8, 4) is 0 Å². The molecule has 9 fully saturated rings. The molecule has 118 heavy (non-hydrogen) atoms. The van der Waals surface area contributed by atoms with Crippen molar-refractivity contribution in [2.45, 2.75) is 324 Å². The number of ether oxygens (including phenoxy) is 18. The van der Waals surface area contributed by atoms with Crippen LogP contribution in [-0.2, 0) is 109 Å². The normalized spacial score (nSPS) is 47.5. The molecule has 0 aromatic carbocycles. The van der Waals surface area contributed by atoms with Crippen LogP contribution in [-0.4, -0.2) is 488 Å². The van der Waals surface area contributed by atoms with E-state index in [1.54, 1.807) is 0 Å². The molecule has 9 rings (SSSR count). The number of nitrogens with one attached hydrogen (secondary N) is 4. The lowest BCUT2D eigenvalue weighted by Crippen LogP contribution is -2.71. The highest BCUT2D eigenvalue weighted by atomic mass is 16.9. The van der Waals surface area contributed by atoms with Crippen LogP contribution >= 0.6 is 0 Å². The molecule has 0 aliphatic carbocycles. The Hall–Kier alpha value is -4.29. The maximum atomic E-state index is 13.2. The van der Waals surface area contributed by atoms with Gasteiger partial charge in [-0.15, -0.1) is 0 Å². The van der Waals surface area contributed by atoms with E-state index in [0.717, 1.165) is 27.7 Å². The van der Waals surface area contributed by atoms with E-state index in [-0.39, 0.29) is 6.47 Å². The van der Waals surface area contributed by atoms with Crippen LogP contribution in [0.3, 0.4) is 0 Å². The molecular weight excluding hydrogens is 1610 g/mol. The first-order chi connectivity index (χ1) is 55.8. The van der Waals surface area contributed by atoms with E-state index >= 15 is 0 Å². The molecule has 0 aromatic rings. The monoisotopic (exact) mass is 1720 g/mol. The largest absolute Gasteiger partial charge is 0.410 e. The molecule has 28 N–H and O–H groups in total. The van der Waals surface area contributed by atoms with Gasteiger partial charge in [0.05, 0.1) is 90.2 Å². The van der Waals surface area contributed by atoms with Crippen molar-refractivity contribution >= 4 is 30.1 Å². The maximum Gasteiger partial charge on any atom is 0.332 e. The van der Waals surface area contributed by atoms with Crippen LogP contribution in [0.2, 0.25) is 0 Å². The first-order valence-corrected chi connectivity index (χ1v) is 37.9. The maximum absolute atomic E-state index is 13.2. The quantitative estimate of drug-likeness (QED) is 0.0214. The van der Waals surface area contributed by atoms with Crippen molar-refractivity contribution in [1.82, 2.24) is 21.3 Å². The zero-order valence-corrected chi connectivity index (χ0v) is 64.3. The number of aliphatic hydroxyl groups is 24. The Morgan fingerprint density at radius 2 is 0.737 bits per heavy atom. The van der Waals surface area contributed by atoms with Gasteiger partial charge in [-0.3, -0.25) is 24.0 Å². The molecule has 682 valence electrons. The summed E-state index contributed by atoms with van der Waals surface area (Å²) in [5.74, 6) is -7.07. The molecular formula is C67H112N4O47. The van der Waals surface area contributed by atoms with Gasteiger partial charge in [-0.1, -0.05) is 6.92 Å². The van der Waals surface area contributed by atoms with Crippen LogP contribution in [0.4, 0.5) is 0 Å². The van der Waals surface area contributed by atoms with Gasteiger partial charge in [0, 0.05) is 33.6 Å². The molecule has 9 aliphatic rings. The van der Waals surface area contributed by atoms with Crippen LogP contribution in [0.1, 0.15) is 48.0 Å². The minimum absolute atomic E-state index is 0.188.